The molecule has 3 heteroatoms. The van der Waals surface area contributed by atoms with Gasteiger partial charge in [-0.05, 0) is 42.5 Å². The Morgan fingerprint density at radius 2 is 1.41 bits per heavy atom. The van der Waals surface area contributed by atoms with E-state index < -0.39 is 0 Å². The molecule has 1 aromatic heterocycles. The maximum absolute atomic E-state index is 5.16. The van der Waals surface area contributed by atoms with Gasteiger partial charge in [-0.2, -0.15) is 0 Å². The third-order valence-electron chi connectivity index (χ3n) is 5.43. The number of pyridine rings is 1. The van der Waals surface area contributed by atoms with Gasteiger partial charge in [-0.15, -0.1) is 0 Å². The lowest BCUT2D eigenvalue weighted by Crippen LogP contribution is -2.11. The Kier molecular flexibility index (Phi) is 4.28. The summed E-state index contributed by atoms with van der Waals surface area (Å²) in [7, 11) is 0. The number of hydrogen-bond donors (Lipinski definition) is 0. The molecule has 0 fully saturated rings. The van der Waals surface area contributed by atoms with E-state index >= 15 is 0 Å². The molecule has 0 bridgehead atoms. The summed E-state index contributed by atoms with van der Waals surface area (Å²) in [6, 6.07) is 25.0. The van der Waals surface area contributed by atoms with Gasteiger partial charge in [0.15, 0.2) is 0 Å². The van der Waals surface area contributed by atoms with E-state index in [0.29, 0.717) is 6.54 Å². The molecule has 3 nitrogen and oxygen atoms in total. The summed E-state index contributed by atoms with van der Waals surface area (Å²) in [5.41, 5.74) is 8.52. The van der Waals surface area contributed by atoms with E-state index in [1.165, 1.54) is 21.9 Å². The zero-order chi connectivity index (χ0) is 19.8. The molecule has 0 spiro atoms. The van der Waals surface area contributed by atoms with Gasteiger partial charge in [-0.1, -0.05) is 60.7 Å². The van der Waals surface area contributed by atoms with Crippen LogP contribution in [-0.4, -0.2) is 16.4 Å². The average molecular weight is 375 g/mol. The number of aliphatic imine (C=N–C) groups is 2. The number of rotatable bonds is 3. The van der Waals surface area contributed by atoms with Crippen molar-refractivity contribution in [2.45, 2.75) is 20.4 Å². The highest BCUT2D eigenvalue weighted by Gasteiger charge is 2.27. The number of aryl methyl sites for hydroxylation is 2. The minimum Gasteiger partial charge on any atom is -0.276 e. The zero-order valence-electron chi connectivity index (χ0n) is 16.6. The van der Waals surface area contributed by atoms with Crippen molar-refractivity contribution >= 4 is 27.9 Å². The van der Waals surface area contributed by atoms with Crippen LogP contribution in [0.2, 0.25) is 0 Å². The van der Waals surface area contributed by atoms with Crippen LogP contribution in [0.25, 0.3) is 10.8 Å². The Bertz CT molecular complexity index is 1260. The average Bonchev–Trinajstić information content (AvgIpc) is 3.05. The van der Waals surface area contributed by atoms with Crippen LogP contribution in [0.5, 0.6) is 0 Å². The SMILES string of the molecule is Cc1cccc(C)c1/N=C1/C(=N/Cc2ccccn2)c2cccc3cccc1c23. The normalized spacial score (nSPS) is 15.5. The quantitative estimate of drug-likeness (QED) is 0.434. The van der Waals surface area contributed by atoms with E-state index in [2.05, 4.69) is 73.4 Å². The van der Waals surface area contributed by atoms with Crippen LogP contribution >= 0.6 is 0 Å². The lowest BCUT2D eigenvalue weighted by atomic mass is 10.1. The van der Waals surface area contributed by atoms with E-state index in [1.807, 2.05) is 24.4 Å². The molecule has 29 heavy (non-hydrogen) atoms. The maximum atomic E-state index is 5.16. The third-order valence-corrected chi connectivity index (χ3v) is 5.43. The number of hydrogen-bond acceptors (Lipinski definition) is 3. The fourth-order valence-corrected chi connectivity index (χ4v) is 4.01. The predicted molar refractivity (Wildman–Crippen MR) is 121 cm³/mol. The highest BCUT2D eigenvalue weighted by atomic mass is 14.9. The molecule has 0 saturated heterocycles. The van der Waals surface area contributed by atoms with E-state index in [1.54, 1.807) is 0 Å². The molecule has 4 aromatic rings. The van der Waals surface area contributed by atoms with Crippen LogP contribution in [0.15, 0.2) is 89.0 Å². The van der Waals surface area contributed by atoms with Crippen molar-refractivity contribution in [3.63, 3.8) is 0 Å². The predicted octanol–water partition coefficient (Wildman–Crippen LogP) is 5.98. The summed E-state index contributed by atoms with van der Waals surface area (Å²) in [6.45, 7) is 4.76. The summed E-state index contributed by atoms with van der Waals surface area (Å²) < 4.78 is 0. The molecule has 5 rings (SSSR count). The van der Waals surface area contributed by atoms with E-state index in [-0.39, 0.29) is 0 Å². The molecular formula is C26H21N3. The molecule has 1 aliphatic rings. The minimum absolute atomic E-state index is 0.534. The topological polar surface area (TPSA) is 37.6 Å². The Morgan fingerprint density at radius 1 is 0.724 bits per heavy atom. The lowest BCUT2D eigenvalue weighted by molar-refractivity contribution is 0.993. The van der Waals surface area contributed by atoms with E-state index in [4.69, 9.17) is 9.98 Å². The van der Waals surface area contributed by atoms with Crippen molar-refractivity contribution in [2.75, 3.05) is 0 Å². The van der Waals surface area contributed by atoms with Gasteiger partial charge in [0.05, 0.1) is 29.3 Å². The van der Waals surface area contributed by atoms with Gasteiger partial charge in [-0.25, -0.2) is 4.99 Å². The Labute approximate surface area is 170 Å². The van der Waals surface area contributed by atoms with Crippen molar-refractivity contribution in [2.24, 2.45) is 9.98 Å². The zero-order valence-corrected chi connectivity index (χ0v) is 16.6. The molecule has 140 valence electrons. The number of para-hydroxylation sites is 1. The molecular weight excluding hydrogens is 354 g/mol. The summed E-state index contributed by atoms with van der Waals surface area (Å²) in [6.07, 6.45) is 1.81. The molecule has 0 atom stereocenters. The monoisotopic (exact) mass is 375 g/mol. The first-order valence-corrected chi connectivity index (χ1v) is 9.84. The van der Waals surface area contributed by atoms with Crippen LogP contribution in [-0.2, 0) is 6.54 Å². The first-order chi connectivity index (χ1) is 14.2. The van der Waals surface area contributed by atoms with Gasteiger partial charge < -0.3 is 0 Å². The van der Waals surface area contributed by atoms with Crippen molar-refractivity contribution < 1.29 is 0 Å². The standard InChI is InChI=1S/C26H21N3/c1-17-8-5-9-18(2)24(17)29-26-22-14-7-11-19-10-6-13-21(23(19)22)25(26)28-16-20-12-3-4-15-27-20/h3-15H,16H2,1-2H3/b28-25+,29-26+. The molecule has 0 unspecified atom stereocenters. The molecule has 0 amide bonds. The lowest BCUT2D eigenvalue weighted by Gasteiger charge is -2.08. The van der Waals surface area contributed by atoms with Crippen LogP contribution in [0.4, 0.5) is 5.69 Å². The van der Waals surface area contributed by atoms with Crippen molar-refractivity contribution in [3.8, 4) is 0 Å². The minimum atomic E-state index is 0.534. The third kappa shape index (κ3) is 3.05. The van der Waals surface area contributed by atoms with Crippen LogP contribution < -0.4 is 0 Å². The second-order valence-corrected chi connectivity index (χ2v) is 7.40. The Morgan fingerprint density at radius 3 is 2.10 bits per heavy atom. The molecule has 1 aliphatic carbocycles. The summed E-state index contributed by atoms with van der Waals surface area (Å²) in [5.74, 6) is 0. The van der Waals surface area contributed by atoms with Crippen molar-refractivity contribution in [1.82, 2.24) is 4.98 Å². The molecule has 0 saturated carbocycles. The van der Waals surface area contributed by atoms with E-state index in [0.717, 1.165) is 33.9 Å². The fourth-order valence-electron chi connectivity index (χ4n) is 4.01. The summed E-state index contributed by atoms with van der Waals surface area (Å²) in [4.78, 5) is 14.6. The van der Waals surface area contributed by atoms with Gasteiger partial charge in [0, 0.05) is 22.7 Å². The fraction of sp³-hybridized carbons (Fsp3) is 0.115. The van der Waals surface area contributed by atoms with Crippen molar-refractivity contribution in [3.05, 3.63) is 107 Å². The Hall–Kier alpha value is -3.59. The number of nitrogens with zero attached hydrogens (tertiary/aromatic N) is 3. The van der Waals surface area contributed by atoms with Crippen LogP contribution in [0.3, 0.4) is 0 Å². The van der Waals surface area contributed by atoms with Gasteiger partial charge in [0.25, 0.3) is 0 Å². The van der Waals surface area contributed by atoms with Crippen LogP contribution in [0, 0.1) is 13.8 Å². The first-order valence-electron chi connectivity index (χ1n) is 9.84. The van der Waals surface area contributed by atoms with Gasteiger partial charge >= 0.3 is 0 Å². The second-order valence-electron chi connectivity index (χ2n) is 7.40. The maximum Gasteiger partial charge on any atom is 0.0974 e. The van der Waals surface area contributed by atoms with Gasteiger partial charge in [0.1, 0.15) is 0 Å². The van der Waals surface area contributed by atoms with Crippen molar-refractivity contribution in [1.29, 1.82) is 0 Å². The largest absolute Gasteiger partial charge is 0.276 e. The molecule has 1 heterocycles. The molecule has 0 radical (unpaired) electrons. The summed E-state index contributed by atoms with van der Waals surface area (Å²) >= 11 is 0. The molecule has 0 aliphatic heterocycles. The highest BCUT2D eigenvalue weighted by molar-refractivity contribution is 6.61. The highest BCUT2D eigenvalue weighted by Crippen LogP contribution is 2.34. The number of aromatic nitrogens is 1. The van der Waals surface area contributed by atoms with Crippen LogP contribution in [0.1, 0.15) is 27.9 Å². The molecule has 3 aromatic carbocycles. The van der Waals surface area contributed by atoms with E-state index in [9.17, 15) is 0 Å². The van der Waals surface area contributed by atoms with Gasteiger partial charge in [-0.3, -0.25) is 9.98 Å². The number of benzene rings is 3. The first kappa shape index (κ1) is 17.5. The second kappa shape index (κ2) is 7.10. The molecule has 0 N–H and O–H groups in total. The summed E-state index contributed by atoms with van der Waals surface area (Å²) in [5, 5.41) is 2.46. The Balaban J connectivity index is 1.73. The van der Waals surface area contributed by atoms with Gasteiger partial charge in [0.2, 0.25) is 0 Å². The smallest absolute Gasteiger partial charge is 0.0974 e.